The van der Waals surface area contributed by atoms with Gasteiger partial charge in [-0.25, -0.2) is 15.0 Å². The number of anilines is 1. The maximum absolute atomic E-state index is 14.3. The van der Waals surface area contributed by atoms with E-state index >= 15 is 0 Å². The first-order valence-corrected chi connectivity index (χ1v) is 14.5. The maximum Gasteiger partial charge on any atom is 0.274 e. The Balaban J connectivity index is 1.38. The molecule has 0 spiro atoms. The summed E-state index contributed by atoms with van der Waals surface area (Å²) in [4.78, 5) is 45.7. The Kier molecular flexibility index (Phi) is 8.03. The second-order valence-electron chi connectivity index (χ2n) is 10.8. The Labute approximate surface area is 259 Å². The minimum Gasteiger partial charge on any atom is -0.491 e. The average molecular weight is 598 g/mol. The quantitative estimate of drug-likeness (QED) is 0.226. The normalized spacial score (nSPS) is 11.8. The zero-order valence-electron chi connectivity index (χ0n) is 25.0. The molecule has 0 fully saturated rings. The highest BCUT2D eigenvalue weighted by atomic mass is 16.5. The molecule has 0 aliphatic carbocycles. The molecule has 1 amide bonds. The molecule has 0 saturated carbocycles. The third kappa shape index (κ3) is 5.98. The molecule has 0 radical (unpaired) electrons. The molecule has 6 aromatic rings. The van der Waals surface area contributed by atoms with Crippen LogP contribution >= 0.6 is 0 Å². The number of pyridine rings is 1. The number of nitrogens with two attached hydrogens (primary N) is 1. The summed E-state index contributed by atoms with van der Waals surface area (Å²) in [6, 6.07) is 25.1. The van der Waals surface area contributed by atoms with Gasteiger partial charge in [0.2, 0.25) is 0 Å². The third-order valence-electron chi connectivity index (χ3n) is 7.20. The second kappa shape index (κ2) is 12.4. The van der Waals surface area contributed by atoms with Crippen LogP contribution in [0.3, 0.4) is 0 Å². The highest BCUT2D eigenvalue weighted by Gasteiger charge is 2.23. The predicted molar refractivity (Wildman–Crippen MR) is 174 cm³/mol. The lowest BCUT2D eigenvalue weighted by Gasteiger charge is -2.20. The summed E-state index contributed by atoms with van der Waals surface area (Å²) < 4.78 is 7.26. The Morgan fingerprint density at radius 3 is 2.31 bits per heavy atom. The fourth-order valence-electron chi connectivity index (χ4n) is 5.15. The van der Waals surface area contributed by atoms with E-state index in [9.17, 15) is 9.59 Å². The lowest BCUT2D eigenvalue weighted by Crippen LogP contribution is -2.34. The van der Waals surface area contributed by atoms with Gasteiger partial charge in [0, 0.05) is 18.0 Å². The molecule has 3 aromatic carbocycles. The predicted octanol–water partition coefficient (Wildman–Crippen LogP) is 5.77. The molecule has 1 atom stereocenters. The number of amides is 1. The van der Waals surface area contributed by atoms with Crippen LogP contribution in [0.2, 0.25) is 0 Å². The smallest absolute Gasteiger partial charge is 0.274 e. The molecular weight excluding hydrogens is 566 g/mol. The molecule has 6 rings (SSSR count). The summed E-state index contributed by atoms with van der Waals surface area (Å²) >= 11 is 0. The SMILES string of the molecule is CC(C)Oc1ccc(-c2cnc(N)c(C(=O)N[C@@H](C)c3nc4cccc(-c5ccncc5)c4c(=O)n3-c3ccccc3)n2)cc1. The first-order chi connectivity index (χ1) is 21.8. The van der Waals surface area contributed by atoms with E-state index in [1.807, 2.05) is 92.7 Å². The largest absolute Gasteiger partial charge is 0.491 e. The first-order valence-electron chi connectivity index (χ1n) is 14.5. The van der Waals surface area contributed by atoms with Gasteiger partial charge in [0.15, 0.2) is 11.5 Å². The van der Waals surface area contributed by atoms with Crippen molar-refractivity contribution in [1.29, 1.82) is 0 Å². The molecule has 0 aliphatic rings. The van der Waals surface area contributed by atoms with E-state index in [4.69, 9.17) is 15.5 Å². The zero-order valence-corrected chi connectivity index (χ0v) is 25.0. The summed E-state index contributed by atoms with van der Waals surface area (Å²) in [6.07, 6.45) is 4.93. The van der Waals surface area contributed by atoms with Crippen LogP contribution in [0.25, 0.3) is 39.0 Å². The van der Waals surface area contributed by atoms with Crippen molar-refractivity contribution in [2.24, 2.45) is 0 Å². The molecule has 3 heterocycles. The molecule has 0 bridgehead atoms. The van der Waals surface area contributed by atoms with Gasteiger partial charge in [-0.1, -0.05) is 30.3 Å². The Morgan fingerprint density at radius 2 is 1.60 bits per heavy atom. The van der Waals surface area contributed by atoms with Gasteiger partial charge < -0.3 is 15.8 Å². The van der Waals surface area contributed by atoms with Crippen LogP contribution in [0.5, 0.6) is 5.75 Å². The summed E-state index contributed by atoms with van der Waals surface area (Å²) in [6.45, 7) is 5.67. The van der Waals surface area contributed by atoms with Crippen molar-refractivity contribution in [2.45, 2.75) is 32.9 Å². The van der Waals surface area contributed by atoms with Gasteiger partial charge in [-0.15, -0.1) is 0 Å². The van der Waals surface area contributed by atoms with E-state index in [1.54, 1.807) is 25.4 Å². The number of carbonyl (C=O) groups is 1. The molecule has 45 heavy (non-hydrogen) atoms. The first kappa shape index (κ1) is 29.2. The summed E-state index contributed by atoms with van der Waals surface area (Å²) in [5, 5.41) is 3.40. The summed E-state index contributed by atoms with van der Waals surface area (Å²) in [5.41, 5.74) is 9.76. The van der Waals surface area contributed by atoms with Crippen molar-refractivity contribution in [1.82, 2.24) is 29.8 Å². The molecular formula is C35H31N7O3. The lowest BCUT2D eigenvalue weighted by molar-refractivity contribution is 0.0933. The minimum atomic E-state index is -0.711. The minimum absolute atomic E-state index is 0.0166. The number of benzene rings is 3. The van der Waals surface area contributed by atoms with Gasteiger partial charge in [-0.2, -0.15) is 0 Å². The Morgan fingerprint density at radius 1 is 0.867 bits per heavy atom. The number of hydrogen-bond donors (Lipinski definition) is 2. The van der Waals surface area contributed by atoms with Crippen LogP contribution in [0.15, 0.2) is 108 Å². The average Bonchev–Trinajstić information content (AvgIpc) is 3.05. The number of nitrogen functional groups attached to an aromatic ring is 1. The number of nitrogens with one attached hydrogen (secondary N) is 1. The van der Waals surface area contributed by atoms with Crippen LogP contribution in [-0.2, 0) is 0 Å². The standard InChI is InChI=1S/C35H31N7O3/c1-21(2)45-26-14-12-24(13-15-26)29-20-38-32(36)31(40-29)34(43)39-22(3)33-41-28-11-7-10-27(23-16-18-37-19-17-23)30(28)35(44)42(33)25-8-5-4-6-9-25/h4-22H,1-3H3,(H2,36,38)(H,39,43)/t22-/m0/s1. The van der Waals surface area contributed by atoms with Crippen LogP contribution in [-0.4, -0.2) is 36.5 Å². The number of hydrogen-bond acceptors (Lipinski definition) is 8. The number of ether oxygens (including phenoxy) is 1. The van der Waals surface area contributed by atoms with E-state index in [1.165, 1.54) is 10.8 Å². The number of para-hydroxylation sites is 1. The molecule has 3 aromatic heterocycles. The molecule has 3 N–H and O–H groups in total. The fourth-order valence-corrected chi connectivity index (χ4v) is 5.15. The van der Waals surface area contributed by atoms with Gasteiger partial charge in [0.1, 0.15) is 11.6 Å². The number of rotatable bonds is 8. The van der Waals surface area contributed by atoms with E-state index in [0.717, 1.165) is 22.4 Å². The summed E-state index contributed by atoms with van der Waals surface area (Å²) in [5.74, 6) is 0.511. The van der Waals surface area contributed by atoms with Crippen molar-refractivity contribution >= 4 is 22.6 Å². The molecule has 0 aliphatic heterocycles. The van der Waals surface area contributed by atoms with E-state index in [0.29, 0.717) is 28.1 Å². The molecule has 224 valence electrons. The monoisotopic (exact) mass is 597 g/mol. The van der Waals surface area contributed by atoms with Crippen molar-refractivity contribution in [3.8, 4) is 33.8 Å². The number of carbonyl (C=O) groups excluding carboxylic acids is 1. The Bertz CT molecular complexity index is 2050. The van der Waals surface area contributed by atoms with Crippen molar-refractivity contribution in [3.05, 3.63) is 125 Å². The van der Waals surface area contributed by atoms with Crippen molar-refractivity contribution < 1.29 is 9.53 Å². The number of aromatic nitrogens is 5. The highest BCUT2D eigenvalue weighted by Crippen LogP contribution is 2.28. The fraction of sp³-hybridized carbons (Fsp3) is 0.143. The molecule has 10 heteroatoms. The van der Waals surface area contributed by atoms with Crippen LogP contribution < -0.4 is 21.3 Å². The van der Waals surface area contributed by atoms with E-state index in [-0.39, 0.29) is 23.2 Å². The maximum atomic E-state index is 14.3. The number of nitrogens with zero attached hydrogens (tertiary/aromatic N) is 5. The second-order valence-corrected chi connectivity index (χ2v) is 10.8. The van der Waals surface area contributed by atoms with E-state index in [2.05, 4.69) is 20.3 Å². The van der Waals surface area contributed by atoms with Crippen molar-refractivity contribution in [2.75, 3.05) is 5.73 Å². The Hall–Kier alpha value is -5.90. The van der Waals surface area contributed by atoms with Crippen LogP contribution in [0.1, 0.15) is 43.1 Å². The molecule has 10 nitrogen and oxygen atoms in total. The molecule has 0 unspecified atom stereocenters. The van der Waals surface area contributed by atoms with Crippen LogP contribution in [0.4, 0.5) is 5.82 Å². The third-order valence-corrected chi connectivity index (χ3v) is 7.20. The molecule has 0 saturated heterocycles. The van der Waals surface area contributed by atoms with Gasteiger partial charge in [0.05, 0.1) is 40.6 Å². The van der Waals surface area contributed by atoms with Crippen LogP contribution in [0, 0.1) is 0 Å². The van der Waals surface area contributed by atoms with Crippen molar-refractivity contribution in [3.63, 3.8) is 0 Å². The zero-order chi connectivity index (χ0) is 31.5. The van der Waals surface area contributed by atoms with E-state index < -0.39 is 11.9 Å². The highest BCUT2D eigenvalue weighted by molar-refractivity contribution is 5.97. The van der Waals surface area contributed by atoms with Gasteiger partial charge in [0.25, 0.3) is 11.5 Å². The summed E-state index contributed by atoms with van der Waals surface area (Å²) in [7, 11) is 0. The lowest BCUT2D eigenvalue weighted by atomic mass is 10.0. The number of fused-ring (bicyclic) bond motifs is 1. The van der Waals surface area contributed by atoms with Gasteiger partial charge >= 0.3 is 0 Å². The van der Waals surface area contributed by atoms with Gasteiger partial charge in [-0.05, 0) is 86.5 Å². The van der Waals surface area contributed by atoms with Gasteiger partial charge in [-0.3, -0.25) is 19.1 Å². The topological polar surface area (TPSA) is 138 Å².